The molecule has 2 N–H and O–H groups in total. The number of anilines is 1. The van der Waals surface area contributed by atoms with Crippen LogP contribution in [-0.4, -0.2) is 31.2 Å². The van der Waals surface area contributed by atoms with Crippen LogP contribution >= 0.6 is 11.6 Å². The van der Waals surface area contributed by atoms with Gasteiger partial charge in [0.2, 0.25) is 0 Å². The summed E-state index contributed by atoms with van der Waals surface area (Å²) in [6.07, 6.45) is 1.40. The summed E-state index contributed by atoms with van der Waals surface area (Å²) < 4.78 is 11.0. The fourth-order valence-electron chi connectivity index (χ4n) is 2.23. The van der Waals surface area contributed by atoms with Gasteiger partial charge in [0, 0.05) is 22.3 Å². The molecule has 2 aromatic carbocycles. The second-order valence-electron chi connectivity index (χ2n) is 5.68. The zero-order valence-corrected chi connectivity index (χ0v) is 16.7. The van der Waals surface area contributed by atoms with Crippen LogP contribution in [0.4, 0.5) is 5.69 Å². The maximum Gasteiger partial charge on any atom is 0.329 e. The molecule has 2 aromatic rings. The lowest BCUT2D eigenvalue weighted by atomic mass is 10.2. The fourth-order valence-corrected chi connectivity index (χ4v) is 2.41. The summed E-state index contributed by atoms with van der Waals surface area (Å²) in [7, 11) is 0. The third kappa shape index (κ3) is 5.99. The first kappa shape index (κ1) is 21.2. The van der Waals surface area contributed by atoms with Crippen LogP contribution in [0.2, 0.25) is 5.02 Å². The highest BCUT2D eigenvalue weighted by Gasteiger charge is 2.13. The quantitative estimate of drug-likeness (QED) is 0.420. The minimum Gasteiger partial charge on any atom is -0.494 e. The third-order valence-corrected chi connectivity index (χ3v) is 4.01. The average molecular weight is 404 g/mol. The minimum absolute atomic E-state index is 0.421. The monoisotopic (exact) mass is 403 g/mol. The van der Waals surface area contributed by atoms with Crippen molar-refractivity contribution in [1.29, 1.82) is 0 Å². The molecule has 2 rings (SSSR count). The van der Waals surface area contributed by atoms with Gasteiger partial charge in [-0.05, 0) is 50.6 Å². The average Bonchev–Trinajstić information content (AvgIpc) is 2.66. The van der Waals surface area contributed by atoms with E-state index in [1.807, 2.05) is 20.8 Å². The van der Waals surface area contributed by atoms with Crippen molar-refractivity contribution in [1.82, 2.24) is 5.43 Å². The summed E-state index contributed by atoms with van der Waals surface area (Å²) in [4.78, 5) is 23.9. The topological polar surface area (TPSA) is 89.0 Å². The first-order valence-electron chi connectivity index (χ1n) is 8.74. The molecule has 28 heavy (non-hydrogen) atoms. The highest BCUT2D eigenvalue weighted by Crippen LogP contribution is 2.24. The predicted molar refractivity (Wildman–Crippen MR) is 109 cm³/mol. The SMILES string of the molecule is CCOc1ccc(/C=N\NC(=O)C(=O)Nc2ccc(C)c(Cl)c2)c(OCC)c1. The predicted octanol–water partition coefficient (Wildman–Crippen LogP) is 3.53. The third-order valence-electron chi connectivity index (χ3n) is 3.60. The van der Waals surface area contributed by atoms with Crippen LogP contribution in [0, 0.1) is 6.92 Å². The van der Waals surface area contributed by atoms with Gasteiger partial charge >= 0.3 is 11.8 Å². The molecule has 0 atom stereocenters. The molecule has 0 aliphatic heterocycles. The normalized spacial score (nSPS) is 10.6. The number of carbonyl (C=O) groups is 2. The number of nitrogens with zero attached hydrogens (tertiary/aromatic N) is 1. The molecule has 0 unspecified atom stereocenters. The second kappa shape index (κ2) is 10.3. The summed E-state index contributed by atoms with van der Waals surface area (Å²) in [5, 5.41) is 6.78. The van der Waals surface area contributed by atoms with Gasteiger partial charge in [0.05, 0.1) is 19.4 Å². The Bertz CT molecular complexity index is 884. The smallest absolute Gasteiger partial charge is 0.329 e. The van der Waals surface area contributed by atoms with E-state index in [1.165, 1.54) is 6.21 Å². The number of hydrogen-bond acceptors (Lipinski definition) is 5. The van der Waals surface area contributed by atoms with Crippen molar-refractivity contribution in [3.05, 3.63) is 52.5 Å². The van der Waals surface area contributed by atoms with Crippen molar-refractivity contribution in [2.45, 2.75) is 20.8 Å². The van der Waals surface area contributed by atoms with Crippen molar-refractivity contribution in [3.8, 4) is 11.5 Å². The largest absolute Gasteiger partial charge is 0.494 e. The van der Waals surface area contributed by atoms with Crippen molar-refractivity contribution in [2.24, 2.45) is 5.10 Å². The number of carbonyl (C=O) groups excluding carboxylic acids is 2. The number of halogens is 1. The van der Waals surface area contributed by atoms with E-state index in [4.69, 9.17) is 21.1 Å². The molecule has 148 valence electrons. The molecule has 0 aromatic heterocycles. The maximum absolute atomic E-state index is 12.0. The first-order valence-corrected chi connectivity index (χ1v) is 9.12. The lowest BCUT2D eigenvalue weighted by Gasteiger charge is -2.10. The molecule has 8 heteroatoms. The van der Waals surface area contributed by atoms with Crippen molar-refractivity contribution in [2.75, 3.05) is 18.5 Å². The van der Waals surface area contributed by atoms with Gasteiger partial charge < -0.3 is 14.8 Å². The highest BCUT2D eigenvalue weighted by atomic mass is 35.5. The highest BCUT2D eigenvalue weighted by molar-refractivity contribution is 6.39. The number of nitrogens with one attached hydrogen (secondary N) is 2. The van der Waals surface area contributed by atoms with Crippen LogP contribution in [0.15, 0.2) is 41.5 Å². The molecule has 0 saturated heterocycles. The second-order valence-corrected chi connectivity index (χ2v) is 6.09. The van der Waals surface area contributed by atoms with E-state index in [0.29, 0.717) is 41.0 Å². The number of benzene rings is 2. The van der Waals surface area contributed by atoms with Gasteiger partial charge in [-0.25, -0.2) is 5.43 Å². The summed E-state index contributed by atoms with van der Waals surface area (Å²) in [5.41, 5.74) is 4.11. The van der Waals surface area contributed by atoms with Gasteiger partial charge in [0.25, 0.3) is 0 Å². The Morgan fingerprint density at radius 1 is 1.07 bits per heavy atom. The van der Waals surface area contributed by atoms with E-state index in [1.54, 1.807) is 36.4 Å². The van der Waals surface area contributed by atoms with Crippen LogP contribution in [0.1, 0.15) is 25.0 Å². The molecule has 2 amide bonds. The fraction of sp³-hybridized carbons (Fsp3) is 0.250. The number of amides is 2. The minimum atomic E-state index is -0.906. The molecular formula is C20H22ClN3O4. The van der Waals surface area contributed by atoms with E-state index in [-0.39, 0.29) is 0 Å². The van der Waals surface area contributed by atoms with Gasteiger partial charge in [-0.2, -0.15) is 5.10 Å². The Labute approximate surface area is 168 Å². The van der Waals surface area contributed by atoms with Crippen LogP contribution in [0.3, 0.4) is 0 Å². The molecular weight excluding hydrogens is 382 g/mol. The molecule has 0 aliphatic rings. The number of rotatable bonds is 7. The van der Waals surface area contributed by atoms with Crippen LogP contribution in [0.5, 0.6) is 11.5 Å². The van der Waals surface area contributed by atoms with Crippen LogP contribution in [0.25, 0.3) is 0 Å². The maximum atomic E-state index is 12.0. The van der Waals surface area contributed by atoms with Crippen molar-refractivity contribution < 1.29 is 19.1 Å². The van der Waals surface area contributed by atoms with E-state index in [0.717, 1.165) is 5.56 Å². The van der Waals surface area contributed by atoms with Crippen molar-refractivity contribution >= 4 is 35.3 Å². The van der Waals surface area contributed by atoms with Crippen LogP contribution < -0.4 is 20.2 Å². The Kier molecular flexibility index (Phi) is 7.83. The molecule has 0 heterocycles. The Balaban J connectivity index is 1.99. The van der Waals surface area contributed by atoms with Crippen LogP contribution in [-0.2, 0) is 9.59 Å². The van der Waals surface area contributed by atoms with Gasteiger partial charge in [-0.15, -0.1) is 0 Å². The Hall–Kier alpha value is -3.06. The van der Waals surface area contributed by atoms with Gasteiger partial charge in [-0.3, -0.25) is 9.59 Å². The summed E-state index contributed by atoms with van der Waals surface area (Å²) in [6.45, 7) is 6.59. The first-order chi connectivity index (χ1) is 13.4. The molecule has 0 radical (unpaired) electrons. The zero-order chi connectivity index (χ0) is 20.5. The van der Waals surface area contributed by atoms with Gasteiger partial charge in [-0.1, -0.05) is 17.7 Å². The van der Waals surface area contributed by atoms with E-state index in [9.17, 15) is 9.59 Å². The Morgan fingerprint density at radius 3 is 2.50 bits per heavy atom. The molecule has 0 saturated carbocycles. The van der Waals surface area contributed by atoms with E-state index >= 15 is 0 Å². The summed E-state index contributed by atoms with van der Waals surface area (Å²) >= 11 is 6.00. The summed E-state index contributed by atoms with van der Waals surface area (Å²) in [6, 6.07) is 10.2. The number of hydrogen-bond donors (Lipinski definition) is 2. The number of ether oxygens (including phenoxy) is 2. The number of aryl methyl sites for hydroxylation is 1. The molecule has 0 aliphatic carbocycles. The van der Waals surface area contributed by atoms with Gasteiger partial charge in [0.15, 0.2) is 0 Å². The lowest BCUT2D eigenvalue weighted by Crippen LogP contribution is -2.32. The number of hydrazone groups is 1. The molecule has 0 bridgehead atoms. The lowest BCUT2D eigenvalue weighted by molar-refractivity contribution is -0.136. The van der Waals surface area contributed by atoms with Gasteiger partial charge in [0.1, 0.15) is 11.5 Å². The van der Waals surface area contributed by atoms with E-state index < -0.39 is 11.8 Å². The zero-order valence-electron chi connectivity index (χ0n) is 15.9. The standard InChI is InChI=1S/C20H22ClN3O4/c1-4-27-16-9-7-14(18(11-16)28-5-2)12-22-24-20(26)19(25)23-15-8-6-13(3)17(21)10-15/h6-12H,4-5H2,1-3H3,(H,23,25)(H,24,26)/b22-12-. The Morgan fingerprint density at radius 2 is 1.82 bits per heavy atom. The van der Waals surface area contributed by atoms with E-state index in [2.05, 4.69) is 15.8 Å². The summed E-state index contributed by atoms with van der Waals surface area (Å²) in [5.74, 6) is -0.529. The van der Waals surface area contributed by atoms with Crippen molar-refractivity contribution in [3.63, 3.8) is 0 Å². The molecule has 0 spiro atoms. The molecule has 0 fully saturated rings. The molecule has 7 nitrogen and oxygen atoms in total.